The van der Waals surface area contributed by atoms with E-state index in [1.165, 1.54) is 283 Å². The molecule has 5 rings (SSSR count). The van der Waals surface area contributed by atoms with Crippen molar-refractivity contribution < 1.29 is 21.2 Å². The number of rotatable bonds is 48. The Labute approximate surface area is 569 Å². The summed E-state index contributed by atoms with van der Waals surface area (Å²) in [5.74, 6) is 7.70. The van der Waals surface area contributed by atoms with Crippen molar-refractivity contribution in [2.75, 3.05) is 0 Å². The van der Waals surface area contributed by atoms with Gasteiger partial charge in [0.25, 0.3) is 0 Å². The second-order valence-corrected chi connectivity index (χ2v) is 26.6. The van der Waals surface area contributed by atoms with Gasteiger partial charge in [-0.25, -0.2) is 4.70 Å². The molecule has 504 valence electrons. The predicted octanol–water partition coefficient (Wildman–Crippen LogP) is 28.0. The second kappa shape index (κ2) is 55.2. The minimum absolute atomic E-state index is 0. The molecule has 0 aliphatic carbocycles. The summed E-state index contributed by atoms with van der Waals surface area (Å²) in [5.41, 5.74) is 31.5. The first-order chi connectivity index (χ1) is 43.7. The third kappa shape index (κ3) is 34.6. The van der Waals surface area contributed by atoms with E-state index in [1.54, 1.807) is 15.8 Å². The number of hydrogen-bond donors (Lipinski definition) is 0. The molecule has 3 heteroatoms. The van der Waals surface area contributed by atoms with Crippen LogP contribution in [0, 0.1) is 25.7 Å². The molecule has 0 atom stereocenters. The molecule has 2 nitrogen and oxygen atoms in total. The van der Waals surface area contributed by atoms with E-state index in [-0.39, 0.29) is 16.5 Å². The normalized spacial score (nSPS) is 11.9. The van der Waals surface area contributed by atoms with Crippen molar-refractivity contribution in [2.24, 2.45) is 0 Å². The maximum Gasteiger partial charge on any atom is 2.00 e. The molecule has 0 radical (unpaired) electrons. The average Bonchev–Trinajstić information content (AvgIpc) is 1.86. The number of aryl methyl sites for hydroxylation is 4. The van der Waals surface area contributed by atoms with E-state index in [0.29, 0.717) is 0 Å². The fourth-order valence-corrected chi connectivity index (χ4v) is 13.1. The summed E-state index contributed by atoms with van der Waals surface area (Å²) in [6.07, 6.45) is 60.0. The molecule has 0 aromatic heterocycles. The van der Waals surface area contributed by atoms with Crippen LogP contribution in [-0.4, -0.2) is 4.70 Å². The van der Waals surface area contributed by atoms with Crippen LogP contribution in [0.4, 0.5) is 0 Å². The Morgan fingerprint density at radius 2 is 0.600 bits per heavy atom. The molecule has 1 heterocycles. The monoisotopic (exact) mass is 1270 g/mol. The van der Waals surface area contributed by atoms with Crippen molar-refractivity contribution in [3.63, 3.8) is 0 Å². The van der Waals surface area contributed by atoms with Crippen molar-refractivity contribution in [2.45, 2.75) is 357 Å². The van der Waals surface area contributed by atoms with Gasteiger partial charge in [0.15, 0.2) is 0 Å². The molecule has 0 bridgehead atoms. The number of allylic oxidation sites excluding steroid dienone is 2. The number of nitrogens with zero attached hydrogens (tertiary/aromatic N) is 2. The van der Waals surface area contributed by atoms with E-state index in [4.69, 9.17) is 0 Å². The molecule has 1 aliphatic heterocycles. The molecule has 0 N–H and O–H groups in total. The molecule has 0 saturated carbocycles. The molecular weight excluding hydrogens is 1130 g/mol. The quantitative estimate of drug-likeness (QED) is 0.0138. The second-order valence-electron chi connectivity index (χ2n) is 26.6. The van der Waals surface area contributed by atoms with Crippen molar-refractivity contribution in [1.82, 2.24) is 0 Å². The number of unbranched alkanes of at least 4 members (excludes halogenated alkanes) is 32. The van der Waals surface area contributed by atoms with Crippen LogP contribution in [0.2, 0.25) is 0 Å². The van der Waals surface area contributed by atoms with E-state index >= 15 is 0 Å². The van der Waals surface area contributed by atoms with Gasteiger partial charge in [0.1, 0.15) is 5.57 Å². The third-order valence-electron chi connectivity index (χ3n) is 18.5. The smallest absolute Gasteiger partial charge is 0.493 e. The standard InChI is InChI=1S/C73H122N2.2C7H7.Ni/c1-9-17-25-26-27-28-29-30-31-32-33-34-35-36-37-38-39-40-41-42-49-57-71-70(54-24-16-8)72(66-58-62(50-43-18-10-2)68(55-47-22-14-6)63(59-66)51-44-19-11-3)75(74)73(71)67-60-64(52-45-20-12-4)69(56-48-23-15-7)65(61-67)53-46-21-13-5;2*1-7-5-3-2-4-6-7;/h58-61H,9-48,50-56H2,1-8H3;2*2-6H,1H2;/q;2*-1;+2. The Morgan fingerprint density at radius 1 is 0.322 bits per heavy atom. The van der Waals surface area contributed by atoms with Crippen LogP contribution < -0.4 is 0 Å². The summed E-state index contributed by atoms with van der Waals surface area (Å²) in [4.78, 5) is 0. The maximum absolute atomic E-state index is 13.2. The van der Waals surface area contributed by atoms with Gasteiger partial charge < -0.3 is 5.53 Å². The first-order valence-electron chi connectivity index (χ1n) is 38.2. The van der Waals surface area contributed by atoms with Gasteiger partial charge in [-0.15, -0.1) is 24.3 Å². The Balaban J connectivity index is 0.00000161. The molecule has 0 spiro atoms. The summed E-state index contributed by atoms with van der Waals surface area (Å²) in [5, 5.41) is 0. The minimum atomic E-state index is 0. The Morgan fingerprint density at radius 3 is 0.900 bits per heavy atom. The molecule has 0 unspecified atom stereocenters. The van der Waals surface area contributed by atoms with Gasteiger partial charge in [-0.05, 0) is 154 Å². The van der Waals surface area contributed by atoms with Gasteiger partial charge in [0.05, 0.1) is 0 Å². The van der Waals surface area contributed by atoms with E-state index < -0.39 is 0 Å². The average molecular weight is 1270 g/mol. The van der Waals surface area contributed by atoms with E-state index in [9.17, 15) is 5.53 Å². The van der Waals surface area contributed by atoms with Gasteiger partial charge in [-0.3, -0.25) is 0 Å². The fraction of sp³-hybridized carbons (Fsp3) is 0.632. The minimum Gasteiger partial charge on any atom is -0.493 e. The van der Waals surface area contributed by atoms with Crippen LogP contribution in [-0.2, 0) is 55.0 Å². The van der Waals surface area contributed by atoms with Crippen LogP contribution in [0.15, 0.2) is 96.1 Å². The Bertz CT molecular complexity index is 2430. The van der Waals surface area contributed by atoms with Crippen molar-refractivity contribution in [3.8, 4) is 11.8 Å². The van der Waals surface area contributed by atoms with Crippen molar-refractivity contribution in [3.05, 3.63) is 171 Å². The maximum atomic E-state index is 13.2. The zero-order valence-corrected chi connectivity index (χ0v) is 60.9. The van der Waals surface area contributed by atoms with Gasteiger partial charge >= 0.3 is 16.5 Å². The van der Waals surface area contributed by atoms with Crippen LogP contribution in [0.5, 0.6) is 0 Å². The molecule has 1 aliphatic rings. The third-order valence-corrected chi connectivity index (χ3v) is 18.5. The summed E-state index contributed by atoms with van der Waals surface area (Å²) < 4.78 is 1.68. The predicted molar refractivity (Wildman–Crippen MR) is 397 cm³/mol. The van der Waals surface area contributed by atoms with Crippen LogP contribution in [0.1, 0.15) is 374 Å². The Kier molecular flexibility index (Phi) is 50.2. The summed E-state index contributed by atoms with van der Waals surface area (Å²) >= 11 is 0. The summed E-state index contributed by atoms with van der Waals surface area (Å²) in [6.45, 7) is 26.1. The zero-order valence-electron chi connectivity index (χ0n) is 59.9. The zero-order chi connectivity index (χ0) is 64.2. The van der Waals surface area contributed by atoms with Crippen molar-refractivity contribution in [1.29, 1.82) is 0 Å². The molecule has 4 aromatic carbocycles. The number of benzene rings is 4. The van der Waals surface area contributed by atoms with Crippen LogP contribution in [0.25, 0.3) is 16.9 Å². The topological polar surface area (TPSA) is 25.3 Å². The van der Waals surface area contributed by atoms with Gasteiger partial charge in [-0.1, -0.05) is 278 Å². The van der Waals surface area contributed by atoms with Gasteiger partial charge in [-0.2, -0.15) is 49.2 Å². The van der Waals surface area contributed by atoms with Gasteiger partial charge in [0.2, 0.25) is 11.4 Å². The van der Waals surface area contributed by atoms with Gasteiger partial charge in [0, 0.05) is 23.1 Å². The molecular formula is C87H136N2Ni. The van der Waals surface area contributed by atoms with E-state index in [2.05, 4.69) is 105 Å². The van der Waals surface area contributed by atoms with E-state index in [1.807, 2.05) is 60.7 Å². The molecule has 4 aromatic rings. The summed E-state index contributed by atoms with van der Waals surface area (Å²) in [6, 6.07) is 29.9. The molecule has 0 amide bonds. The molecule has 0 saturated heterocycles. The molecule has 0 fully saturated rings. The van der Waals surface area contributed by atoms with Crippen LogP contribution in [0.3, 0.4) is 0 Å². The van der Waals surface area contributed by atoms with Crippen LogP contribution >= 0.6 is 0 Å². The first-order valence-corrected chi connectivity index (χ1v) is 38.2. The molecule has 90 heavy (non-hydrogen) atoms. The van der Waals surface area contributed by atoms with Crippen molar-refractivity contribution >= 4 is 11.4 Å². The Hall–Kier alpha value is -4.25. The summed E-state index contributed by atoms with van der Waals surface area (Å²) in [7, 11) is 0. The first kappa shape index (κ1) is 81.8. The SMILES string of the molecule is CCCCCCCCCCCCCCCCCCCCCC#CC1=C(c2cc(CCCCC)c(CCCCC)c(CCCCC)c2)[N+](=[N-])C(c2cc(CCCCC)c(CCCCC)c(CCCCC)c2)=C1CCCC.[CH2-]c1ccccc1.[CH2-]c1ccccc1.[Ni+2]. The fourth-order valence-electron chi connectivity index (χ4n) is 13.1. The largest absolute Gasteiger partial charge is 2.00 e. The van der Waals surface area contributed by atoms with E-state index in [0.717, 1.165) is 85.9 Å². The number of hydrogen-bond acceptors (Lipinski definition) is 0.